The Hall–Kier alpha value is -1.43. The van der Waals surface area contributed by atoms with E-state index in [4.69, 9.17) is 4.74 Å². The molecular formula is C18H28N2O4. The van der Waals surface area contributed by atoms with Crippen LogP contribution in [0.2, 0.25) is 0 Å². The SMILES string of the molecule is CCOC(=O)[C@@H]1CCCN([C@H]2CC(=O)N(C3CCCCC3)C2=O)C1. The minimum absolute atomic E-state index is 0.0323. The van der Waals surface area contributed by atoms with Crippen molar-refractivity contribution in [2.24, 2.45) is 5.92 Å². The fraction of sp³-hybridized carbons (Fsp3) is 0.833. The van der Waals surface area contributed by atoms with E-state index in [0.29, 0.717) is 13.2 Å². The number of hydrogen-bond acceptors (Lipinski definition) is 5. The van der Waals surface area contributed by atoms with Crippen LogP contribution in [0, 0.1) is 5.92 Å². The molecule has 0 unspecified atom stereocenters. The normalized spacial score (nSPS) is 30.0. The van der Waals surface area contributed by atoms with Gasteiger partial charge in [0, 0.05) is 12.6 Å². The number of imide groups is 1. The molecule has 0 aromatic heterocycles. The Morgan fingerprint density at radius 2 is 1.88 bits per heavy atom. The zero-order chi connectivity index (χ0) is 17.1. The van der Waals surface area contributed by atoms with Gasteiger partial charge in [-0.15, -0.1) is 0 Å². The minimum atomic E-state index is -0.378. The van der Waals surface area contributed by atoms with Crippen LogP contribution in [0.5, 0.6) is 0 Å². The Morgan fingerprint density at radius 3 is 2.58 bits per heavy atom. The van der Waals surface area contributed by atoms with Crippen molar-refractivity contribution in [2.75, 3.05) is 19.7 Å². The second-order valence-corrected chi connectivity index (χ2v) is 7.20. The Balaban J connectivity index is 1.65. The molecule has 2 saturated heterocycles. The predicted molar refractivity (Wildman–Crippen MR) is 88.1 cm³/mol. The van der Waals surface area contributed by atoms with Gasteiger partial charge in [0.15, 0.2) is 0 Å². The van der Waals surface area contributed by atoms with E-state index in [2.05, 4.69) is 0 Å². The van der Waals surface area contributed by atoms with Crippen LogP contribution < -0.4 is 0 Å². The van der Waals surface area contributed by atoms with Gasteiger partial charge in [0.05, 0.1) is 25.0 Å². The summed E-state index contributed by atoms with van der Waals surface area (Å²) in [6.07, 6.45) is 7.21. The van der Waals surface area contributed by atoms with E-state index in [1.807, 2.05) is 4.90 Å². The topological polar surface area (TPSA) is 66.9 Å². The number of esters is 1. The van der Waals surface area contributed by atoms with Crippen molar-refractivity contribution in [3.8, 4) is 0 Å². The van der Waals surface area contributed by atoms with Crippen LogP contribution in [0.3, 0.4) is 0 Å². The highest BCUT2D eigenvalue weighted by atomic mass is 16.5. The molecule has 3 rings (SSSR count). The largest absolute Gasteiger partial charge is 0.466 e. The quantitative estimate of drug-likeness (QED) is 0.578. The molecule has 6 nitrogen and oxygen atoms in total. The Morgan fingerprint density at radius 1 is 1.12 bits per heavy atom. The molecule has 6 heteroatoms. The lowest BCUT2D eigenvalue weighted by molar-refractivity contribution is -0.151. The van der Waals surface area contributed by atoms with Gasteiger partial charge in [-0.25, -0.2) is 0 Å². The molecule has 0 bridgehead atoms. The maximum absolute atomic E-state index is 12.9. The second-order valence-electron chi connectivity index (χ2n) is 7.20. The predicted octanol–water partition coefficient (Wildman–Crippen LogP) is 1.72. The van der Waals surface area contributed by atoms with Crippen molar-refractivity contribution in [1.82, 2.24) is 9.80 Å². The fourth-order valence-corrected chi connectivity index (χ4v) is 4.38. The summed E-state index contributed by atoms with van der Waals surface area (Å²) in [5, 5.41) is 0. The lowest BCUT2D eigenvalue weighted by atomic mass is 9.94. The van der Waals surface area contributed by atoms with Crippen LogP contribution in [-0.4, -0.2) is 59.4 Å². The van der Waals surface area contributed by atoms with Crippen molar-refractivity contribution in [3.63, 3.8) is 0 Å². The molecule has 134 valence electrons. The van der Waals surface area contributed by atoms with Crippen LogP contribution >= 0.6 is 0 Å². The number of amides is 2. The number of nitrogens with zero attached hydrogens (tertiary/aromatic N) is 2. The van der Waals surface area contributed by atoms with Crippen LogP contribution in [0.1, 0.15) is 58.3 Å². The first-order chi connectivity index (χ1) is 11.6. The van der Waals surface area contributed by atoms with Crippen molar-refractivity contribution in [2.45, 2.75) is 70.4 Å². The number of ether oxygens (including phenoxy) is 1. The molecule has 3 fully saturated rings. The third kappa shape index (κ3) is 3.48. The molecule has 2 amide bonds. The van der Waals surface area contributed by atoms with Crippen LogP contribution in [-0.2, 0) is 19.1 Å². The zero-order valence-electron chi connectivity index (χ0n) is 14.5. The molecule has 0 N–H and O–H groups in total. The summed E-state index contributed by atoms with van der Waals surface area (Å²) in [6, 6.07) is -0.286. The number of carbonyl (C=O) groups is 3. The minimum Gasteiger partial charge on any atom is -0.466 e. The Labute approximate surface area is 143 Å². The van der Waals surface area contributed by atoms with E-state index in [9.17, 15) is 14.4 Å². The van der Waals surface area contributed by atoms with E-state index < -0.39 is 0 Å². The molecule has 2 aliphatic heterocycles. The second kappa shape index (κ2) is 7.64. The van der Waals surface area contributed by atoms with E-state index in [1.54, 1.807) is 6.92 Å². The number of carbonyl (C=O) groups excluding carboxylic acids is 3. The van der Waals surface area contributed by atoms with Crippen molar-refractivity contribution >= 4 is 17.8 Å². The maximum atomic E-state index is 12.9. The smallest absolute Gasteiger partial charge is 0.310 e. The van der Waals surface area contributed by atoms with Gasteiger partial charge in [0.2, 0.25) is 11.8 Å². The molecule has 2 heterocycles. The summed E-state index contributed by atoms with van der Waals surface area (Å²) in [5.74, 6) is -0.431. The standard InChI is InChI=1S/C18H28N2O4/c1-2-24-18(23)13-7-6-10-19(12-13)15-11-16(21)20(17(15)22)14-8-4-3-5-9-14/h13-15H,2-12H2,1H3/t13-,15+/m1/s1. The summed E-state index contributed by atoms with van der Waals surface area (Å²) in [5.41, 5.74) is 0. The van der Waals surface area contributed by atoms with Gasteiger partial charge in [-0.1, -0.05) is 19.3 Å². The first kappa shape index (κ1) is 17.4. The average Bonchev–Trinajstić information content (AvgIpc) is 2.90. The van der Waals surface area contributed by atoms with Crippen LogP contribution in [0.15, 0.2) is 0 Å². The van der Waals surface area contributed by atoms with Gasteiger partial charge < -0.3 is 4.74 Å². The van der Waals surface area contributed by atoms with Crippen LogP contribution in [0.25, 0.3) is 0 Å². The summed E-state index contributed by atoms with van der Waals surface area (Å²) in [4.78, 5) is 40.9. The Bertz CT molecular complexity index is 501. The first-order valence-electron chi connectivity index (χ1n) is 9.38. The highest BCUT2D eigenvalue weighted by Crippen LogP contribution is 2.31. The number of rotatable bonds is 4. The lowest BCUT2D eigenvalue weighted by Gasteiger charge is -2.35. The molecule has 0 spiro atoms. The molecule has 2 atom stereocenters. The van der Waals surface area contributed by atoms with Crippen molar-refractivity contribution in [1.29, 1.82) is 0 Å². The number of piperidine rings is 1. The highest BCUT2D eigenvalue weighted by Gasteiger charge is 2.46. The molecule has 1 aliphatic carbocycles. The van der Waals surface area contributed by atoms with E-state index in [1.165, 1.54) is 11.3 Å². The van der Waals surface area contributed by atoms with Gasteiger partial charge in [0.1, 0.15) is 0 Å². The fourth-order valence-electron chi connectivity index (χ4n) is 4.38. The molecule has 24 heavy (non-hydrogen) atoms. The van der Waals surface area contributed by atoms with Gasteiger partial charge in [-0.2, -0.15) is 0 Å². The molecule has 1 saturated carbocycles. The maximum Gasteiger partial charge on any atom is 0.310 e. The van der Waals surface area contributed by atoms with Gasteiger partial charge in [-0.3, -0.25) is 24.2 Å². The van der Waals surface area contributed by atoms with E-state index in [0.717, 1.165) is 45.1 Å². The summed E-state index contributed by atoms with van der Waals surface area (Å²) < 4.78 is 5.13. The number of likely N-dealkylation sites (tertiary alicyclic amines) is 2. The Kier molecular flexibility index (Phi) is 5.54. The average molecular weight is 336 g/mol. The zero-order valence-corrected chi connectivity index (χ0v) is 14.5. The molecular weight excluding hydrogens is 308 g/mol. The summed E-state index contributed by atoms with van der Waals surface area (Å²) >= 11 is 0. The van der Waals surface area contributed by atoms with Gasteiger partial charge in [-0.05, 0) is 39.2 Å². The van der Waals surface area contributed by atoms with Crippen molar-refractivity contribution < 1.29 is 19.1 Å². The van der Waals surface area contributed by atoms with E-state index >= 15 is 0 Å². The first-order valence-corrected chi connectivity index (χ1v) is 9.38. The molecule has 3 aliphatic rings. The third-order valence-electron chi connectivity index (χ3n) is 5.61. The highest BCUT2D eigenvalue weighted by molar-refractivity contribution is 6.05. The molecule has 0 aromatic rings. The molecule has 0 aromatic carbocycles. The monoisotopic (exact) mass is 336 g/mol. The lowest BCUT2D eigenvalue weighted by Crippen LogP contribution is -2.50. The van der Waals surface area contributed by atoms with E-state index in [-0.39, 0.29) is 42.2 Å². The van der Waals surface area contributed by atoms with Gasteiger partial charge >= 0.3 is 5.97 Å². The van der Waals surface area contributed by atoms with Crippen molar-refractivity contribution in [3.05, 3.63) is 0 Å². The van der Waals surface area contributed by atoms with Gasteiger partial charge in [0.25, 0.3) is 0 Å². The third-order valence-corrected chi connectivity index (χ3v) is 5.61. The van der Waals surface area contributed by atoms with Crippen LogP contribution in [0.4, 0.5) is 0 Å². The number of hydrogen-bond donors (Lipinski definition) is 0. The summed E-state index contributed by atoms with van der Waals surface area (Å²) in [7, 11) is 0. The summed E-state index contributed by atoms with van der Waals surface area (Å²) in [6.45, 7) is 3.49. The molecule has 0 radical (unpaired) electrons.